The zero-order chi connectivity index (χ0) is 22.1. The molecule has 7 nitrogen and oxygen atoms in total. The van der Waals surface area contributed by atoms with Crippen molar-refractivity contribution in [1.82, 2.24) is 4.90 Å². The van der Waals surface area contributed by atoms with E-state index in [4.69, 9.17) is 11.6 Å². The second kappa shape index (κ2) is 6.85. The Hall–Kier alpha value is -2.81. The third-order valence-corrected chi connectivity index (χ3v) is 7.00. The number of likely N-dealkylation sites (tertiary alicyclic amines) is 1. The van der Waals surface area contributed by atoms with Gasteiger partial charge in [-0.05, 0) is 36.8 Å². The molecule has 3 aliphatic heterocycles. The number of anilines is 1. The van der Waals surface area contributed by atoms with E-state index in [1.54, 1.807) is 30.4 Å². The van der Waals surface area contributed by atoms with Crippen LogP contribution in [0.4, 0.5) is 10.1 Å². The molecular formula is C22H20ClFN3O4+. The van der Waals surface area contributed by atoms with Crippen molar-refractivity contribution in [3.05, 3.63) is 64.4 Å². The van der Waals surface area contributed by atoms with E-state index in [0.717, 1.165) is 4.90 Å². The first-order valence-corrected chi connectivity index (χ1v) is 10.4. The Kier molecular flexibility index (Phi) is 4.44. The lowest BCUT2D eigenvalue weighted by atomic mass is 9.76. The van der Waals surface area contributed by atoms with Crippen LogP contribution < -0.4 is 10.6 Å². The highest BCUT2D eigenvalue weighted by atomic mass is 35.5. The number of quaternary nitrogens is 1. The molecule has 31 heavy (non-hydrogen) atoms. The topological polar surface area (TPSA) is 103 Å². The number of nitrogens with two attached hydrogens (primary N) is 1. The summed E-state index contributed by atoms with van der Waals surface area (Å²) in [5.74, 6) is -3.64. The maximum absolute atomic E-state index is 13.6. The number of aliphatic hydroxyl groups excluding tert-OH is 1. The SMILES string of the molecule is C[C@@H](O)[C@H]1[NH2+][C@@]2(C(=O)Nc3c(Cl)cccc32)[C@H]2C(=O)N(Cc3ccc(F)cc3)C(=O)[C@H]12. The molecule has 2 fully saturated rings. The molecule has 0 unspecified atom stereocenters. The predicted molar refractivity (Wildman–Crippen MR) is 108 cm³/mol. The van der Waals surface area contributed by atoms with Gasteiger partial charge in [0, 0.05) is 5.56 Å². The van der Waals surface area contributed by atoms with E-state index < -0.39 is 53.1 Å². The molecule has 5 atom stereocenters. The summed E-state index contributed by atoms with van der Waals surface area (Å²) < 4.78 is 13.3. The first kappa shape index (κ1) is 20.1. The fourth-order valence-corrected chi connectivity index (χ4v) is 5.53. The molecule has 5 rings (SSSR count). The number of benzene rings is 2. The summed E-state index contributed by atoms with van der Waals surface area (Å²) in [4.78, 5) is 41.3. The van der Waals surface area contributed by atoms with E-state index >= 15 is 0 Å². The number of nitrogens with zero attached hydrogens (tertiary/aromatic N) is 1. The number of nitrogens with one attached hydrogen (secondary N) is 1. The molecule has 0 bridgehead atoms. The van der Waals surface area contributed by atoms with E-state index in [2.05, 4.69) is 5.32 Å². The van der Waals surface area contributed by atoms with Crippen molar-refractivity contribution in [2.75, 3.05) is 5.32 Å². The van der Waals surface area contributed by atoms with Gasteiger partial charge in [-0.25, -0.2) is 4.39 Å². The van der Waals surface area contributed by atoms with Gasteiger partial charge < -0.3 is 15.7 Å². The van der Waals surface area contributed by atoms with Crippen molar-refractivity contribution in [2.24, 2.45) is 11.8 Å². The molecule has 0 aromatic heterocycles. The summed E-state index contributed by atoms with van der Waals surface area (Å²) in [6.45, 7) is 1.51. The summed E-state index contributed by atoms with van der Waals surface area (Å²) in [5.41, 5.74) is 0.159. The first-order chi connectivity index (χ1) is 14.8. The van der Waals surface area contributed by atoms with Gasteiger partial charge in [0.1, 0.15) is 29.8 Å². The Bertz CT molecular complexity index is 1120. The molecule has 0 radical (unpaired) electrons. The molecule has 3 heterocycles. The molecule has 0 saturated carbocycles. The Labute approximate surface area is 182 Å². The standard InChI is InChI=1S/C22H19ClFN3O4/c1-10(28)17-15-16(20(30)27(19(15)29)9-11-5-7-12(24)8-6-11)22(26-17)13-3-2-4-14(23)18(13)25-21(22)31/h2-8,10,15-17,26,28H,9H2,1H3,(H,25,31)/p+1/t10-,15+,16-,17-,22-/m1/s1. The number of rotatable bonds is 3. The van der Waals surface area contributed by atoms with Crippen LogP contribution in [0.1, 0.15) is 18.1 Å². The molecule has 9 heteroatoms. The Morgan fingerprint density at radius 3 is 2.58 bits per heavy atom. The normalized spacial score (nSPS) is 30.0. The van der Waals surface area contributed by atoms with Crippen molar-refractivity contribution < 1.29 is 29.2 Å². The minimum atomic E-state index is -1.39. The molecular weight excluding hydrogens is 425 g/mol. The van der Waals surface area contributed by atoms with Crippen molar-refractivity contribution in [3.8, 4) is 0 Å². The molecule has 1 spiro atoms. The number of hydrogen-bond donors (Lipinski definition) is 3. The highest BCUT2D eigenvalue weighted by molar-refractivity contribution is 6.35. The zero-order valence-electron chi connectivity index (χ0n) is 16.5. The van der Waals surface area contributed by atoms with Crippen LogP contribution in [0.5, 0.6) is 0 Å². The molecule has 0 aliphatic carbocycles. The van der Waals surface area contributed by atoms with E-state index in [1.807, 2.05) is 0 Å². The highest BCUT2D eigenvalue weighted by Crippen LogP contribution is 2.51. The lowest BCUT2D eigenvalue weighted by Crippen LogP contribution is -3.00. The average molecular weight is 445 g/mol. The maximum atomic E-state index is 13.6. The summed E-state index contributed by atoms with van der Waals surface area (Å²) in [7, 11) is 0. The highest BCUT2D eigenvalue weighted by Gasteiger charge is 2.74. The number of para-hydroxylation sites is 1. The fourth-order valence-electron chi connectivity index (χ4n) is 5.31. The number of aliphatic hydroxyl groups is 1. The number of imide groups is 1. The zero-order valence-corrected chi connectivity index (χ0v) is 17.3. The van der Waals surface area contributed by atoms with Gasteiger partial charge in [0.05, 0.1) is 17.3 Å². The van der Waals surface area contributed by atoms with Gasteiger partial charge >= 0.3 is 0 Å². The van der Waals surface area contributed by atoms with Crippen molar-refractivity contribution in [2.45, 2.75) is 31.2 Å². The van der Waals surface area contributed by atoms with Crippen LogP contribution in [0, 0.1) is 17.7 Å². The van der Waals surface area contributed by atoms with Crippen molar-refractivity contribution in [3.63, 3.8) is 0 Å². The smallest absolute Gasteiger partial charge is 0.291 e. The van der Waals surface area contributed by atoms with Crippen LogP contribution >= 0.6 is 11.6 Å². The number of hydrogen-bond acceptors (Lipinski definition) is 4. The molecule has 3 amide bonds. The molecule has 160 valence electrons. The summed E-state index contributed by atoms with van der Waals surface area (Å²) >= 11 is 6.28. The van der Waals surface area contributed by atoms with Crippen molar-refractivity contribution >= 4 is 35.0 Å². The average Bonchev–Trinajstić information content (AvgIpc) is 3.32. The summed E-state index contributed by atoms with van der Waals surface area (Å²) in [6, 6.07) is 9.91. The number of carbonyl (C=O) groups is 3. The van der Waals surface area contributed by atoms with Gasteiger partial charge in [0.25, 0.3) is 5.91 Å². The van der Waals surface area contributed by atoms with Crippen LogP contribution in [0.15, 0.2) is 42.5 Å². The molecule has 2 aromatic carbocycles. The fraction of sp³-hybridized carbons (Fsp3) is 0.318. The number of amides is 3. The van der Waals surface area contributed by atoms with E-state index in [1.165, 1.54) is 24.3 Å². The Morgan fingerprint density at radius 1 is 1.19 bits per heavy atom. The van der Waals surface area contributed by atoms with Crippen molar-refractivity contribution in [1.29, 1.82) is 0 Å². The van der Waals surface area contributed by atoms with Gasteiger partial charge in [-0.1, -0.05) is 29.8 Å². The van der Waals surface area contributed by atoms with Gasteiger partial charge in [-0.3, -0.25) is 19.3 Å². The maximum Gasteiger partial charge on any atom is 0.291 e. The monoisotopic (exact) mass is 444 g/mol. The predicted octanol–water partition coefficient (Wildman–Crippen LogP) is 0.754. The van der Waals surface area contributed by atoms with E-state index in [0.29, 0.717) is 21.8 Å². The van der Waals surface area contributed by atoms with Crippen LogP contribution in [0.2, 0.25) is 5.02 Å². The Balaban J connectivity index is 1.61. The molecule has 3 aliphatic rings. The van der Waals surface area contributed by atoms with Gasteiger partial charge in [-0.15, -0.1) is 0 Å². The van der Waals surface area contributed by atoms with Crippen LogP contribution in [0.25, 0.3) is 0 Å². The number of carbonyl (C=O) groups excluding carboxylic acids is 3. The lowest BCUT2D eigenvalue weighted by Gasteiger charge is -2.27. The van der Waals surface area contributed by atoms with Crippen LogP contribution in [0.3, 0.4) is 0 Å². The van der Waals surface area contributed by atoms with E-state index in [-0.39, 0.29) is 6.54 Å². The third-order valence-electron chi connectivity index (χ3n) is 6.69. The Morgan fingerprint density at radius 2 is 1.90 bits per heavy atom. The minimum Gasteiger partial charge on any atom is -0.387 e. The second-order valence-corrected chi connectivity index (χ2v) is 8.77. The lowest BCUT2D eigenvalue weighted by molar-refractivity contribution is -0.738. The molecule has 2 aromatic rings. The number of halogens is 2. The van der Waals surface area contributed by atoms with Gasteiger partial charge in [0.2, 0.25) is 17.4 Å². The third kappa shape index (κ3) is 2.68. The quantitative estimate of drug-likeness (QED) is 0.608. The van der Waals surface area contributed by atoms with Crippen LogP contribution in [-0.2, 0) is 26.5 Å². The molecule has 2 saturated heterocycles. The largest absolute Gasteiger partial charge is 0.387 e. The minimum absolute atomic E-state index is 0.0302. The van der Waals surface area contributed by atoms with Gasteiger partial charge in [0.15, 0.2) is 0 Å². The van der Waals surface area contributed by atoms with Gasteiger partial charge in [-0.2, -0.15) is 0 Å². The second-order valence-electron chi connectivity index (χ2n) is 8.36. The molecule has 4 N–H and O–H groups in total. The van der Waals surface area contributed by atoms with E-state index in [9.17, 15) is 23.9 Å². The first-order valence-electron chi connectivity index (χ1n) is 10.00. The van der Waals surface area contributed by atoms with Crippen LogP contribution in [-0.4, -0.2) is 39.9 Å². The summed E-state index contributed by atoms with van der Waals surface area (Å²) in [5, 5.41) is 15.2. The summed E-state index contributed by atoms with van der Waals surface area (Å²) in [6.07, 6.45) is -0.939. The number of fused-ring (bicyclic) bond motifs is 4.